The summed E-state index contributed by atoms with van der Waals surface area (Å²) < 4.78 is 28.7. The van der Waals surface area contributed by atoms with Crippen molar-refractivity contribution >= 4 is 44.1 Å². The molecule has 5 rings (SSSR count). The Labute approximate surface area is 220 Å². The topological polar surface area (TPSA) is 99.6 Å². The van der Waals surface area contributed by atoms with Gasteiger partial charge in [0.1, 0.15) is 4.90 Å². The number of hydrogen-bond acceptors (Lipinski definition) is 5. The van der Waals surface area contributed by atoms with E-state index in [4.69, 9.17) is 11.6 Å². The average molecular weight is 536 g/mol. The molecule has 1 saturated heterocycles. The number of sulfonamides is 1. The Hall–Kier alpha value is -3.46. The summed E-state index contributed by atoms with van der Waals surface area (Å²) >= 11 is 6.38. The number of anilines is 1. The molecule has 3 aromatic carbocycles. The van der Waals surface area contributed by atoms with Gasteiger partial charge in [0, 0.05) is 46.5 Å². The maximum Gasteiger partial charge on any atom is 0.264 e. The largest absolute Gasteiger partial charge is 0.385 e. The molecule has 0 atom stereocenters. The number of carbonyl (C=O) groups excluding carboxylic acids is 1. The van der Waals surface area contributed by atoms with Crippen molar-refractivity contribution in [3.05, 3.63) is 101 Å². The normalized spacial score (nSPS) is 15.5. The summed E-state index contributed by atoms with van der Waals surface area (Å²) in [6.07, 6.45) is 2.30. The van der Waals surface area contributed by atoms with Crippen LogP contribution in [0.25, 0.3) is 10.9 Å². The number of nitrogens with zero attached hydrogens (tertiary/aromatic N) is 2. The first-order chi connectivity index (χ1) is 17.7. The number of carbonyl (C=O) groups is 1. The Morgan fingerprint density at radius 3 is 2.43 bits per heavy atom. The van der Waals surface area contributed by atoms with Crippen LogP contribution in [0.2, 0.25) is 5.02 Å². The average Bonchev–Trinajstić information content (AvgIpc) is 2.88. The number of rotatable bonds is 5. The van der Waals surface area contributed by atoms with E-state index in [1.165, 1.54) is 6.07 Å². The van der Waals surface area contributed by atoms with Crippen molar-refractivity contribution in [1.29, 1.82) is 0 Å². The first-order valence-corrected chi connectivity index (χ1v) is 13.8. The van der Waals surface area contributed by atoms with Crippen molar-refractivity contribution in [3.8, 4) is 0 Å². The van der Waals surface area contributed by atoms with E-state index < -0.39 is 15.6 Å². The van der Waals surface area contributed by atoms with Gasteiger partial charge in [-0.1, -0.05) is 41.9 Å². The van der Waals surface area contributed by atoms with E-state index >= 15 is 0 Å². The number of amides is 1. The molecule has 7 nitrogen and oxygen atoms in total. The minimum Gasteiger partial charge on any atom is -0.385 e. The number of pyridine rings is 1. The van der Waals surface area contributed by atoms with E-state index in [1.54, 1.807) is 59.6 Å². The standard InChI is InChI=1S/C28H26ClN3O4S/c1-19-7-12-23(24(29)18-19)28(34)13-16-32(17-14-28)27(33)21-8-10-22(11-9-21)31-37(35,36)25-6-2-4-20-5-3-15-30-26(20)25/h2-12,15,18,31,34H,13-14,16-17H2,1H3. The first kappa shape index (κ1) is 25.2. The van der Waals surface area contributed by atoms with Crippen LogP contribution < -0.4 is 4.72 Å². The van der Waals surface area contributed by atoms with Gasteiger partial charge in [0.15, 0.2) is 0 Å². The van der Waals surface area contributed by atoms with Crippen LogP contribution in [0.4, 0.5) is 5.69 Å². The molecular formula is C28H26ClN3O4S. The molecule has 0 aliphatic carbocycles. The smallest absolute Gasteiger partial charge is 0.264 e. The fourth-order valence-corrected chi connectivity index (χ4v) is 6.36. The number of hydrogen-bond donors (Lipinski definition) is 2. The quantitative estimate of drug-likeness (QED) is 0.369. The molecule has 1 aromatic heterocycles. The number of likely N-dealkylation sites (tertiary alicyclic amines) is 1. The van der Waals surface area contributed by atoms with Crippen molar-refractivity contribution in [2.24, 2.45) is 0 Å². The Kier molecular flexibility index (Phi) is 6.66. The van der Waals surface area contributed by atoms with E-state index in [1.807, 2.05) is 25.1 Å². The lowest BCUT2D eigenvalue weighted by molar-refractivity contribution is -0.0210. The molecule has 0 saturated carbocycles. The summed E-state index contributed by atoms with van der Waals surface area (Å²) in [6, 6.07) is 20.5. The minimum atomic E-state index is -3.89. The van der Waals surface area contributed by atoms with Crippen LogP contribution in [0, 0.1) is 6.92 Å². The summed E-state index contributed by atoms with van der Waals surface area (Å²) in [5, 5.41) is 12.5. The summed E-state index contributed by atoms with van der Waals surface area (Å²) in [6.45, 7) is 2.70. The summed E-state index contributed by atoms with van der Waals surface area (Å²) in [7, 11) is -3.89. The zero-order valence-electron chi connectivity index (χ0n) is 20.2. The Morgan fingerprint density at radius 1 is 1.03 bits per heavy atom. The van der Waals surface area contributed by atoms with Crippen molar-refractivity contribution in [2.75, 3.05) is 17.8 Å². The van der Waals surface area contributed by atoms with E-state index in [-0.39, 0.29) is 10.8 Å². The highest BCUT2D eigenvalue weighted by Crippen LogP contribution is 2.37. The lowest BCUT2D eigenvalue weighted by Crippen LogP contribution is -2.45. The van der Waals surface area contributed by atoms with Gasteiger partial charge in [0.25, 0.3) is 15.9 Å². The second-order valence-corrected chi connectivity index (χ2v) is 11.4. The molecule has 4 aromatic rings. The summed E-state index contributed by atoms with van der Waals surface area (Å²) in [5.74, 6) is -0.176. The highest BCUT2D eigenvalue weighted by Gasteiger charge is 2.37. The molecule has 1 fully saturated rings. The molecule has 0 radical (unpaired) electrons. The van der Waals surface area contributed by atoms with Crippen LogP contribution >= 0.6 is 11.6 Å². The Morgan fingerprint density at radius 2 is 1.73 bits per heavy atom. The number of para-hydroxylation sites is 1. The molecule has 2 heterocycles. The van der Waals surface area contributed by atoms with Crippen molar-refractivity contribution in [2.45, 2.75) is 30.3 Å². The van der Waals surface area contributed by atoms with E-state index in [2.05, 4.69) is 9.71 Å². The predicted molar refractivity (Wildman–Crippen MR) is 144 cm³/mol. The van der Waals surface area contributed by atoms with E-state index in [9.17, 15) is 18.3 Å². The maximum absolute atomic E-state index is 13.1. The second-order valence-electron chi connectivity index (χ2n) is 9.32. The first-order valence-electron chi connectivity index (χ1n) is 11.9. The van der Waals surface area contributed by atoms with Crippen molar-refractivity contribution < 1.29 is 18.3 Å². The van der Waals surface area contributed by atoms with Gasteiger partial charge in [-0.3, -0.25) is 14.5 Å². The molecule has 1 aliphatic rings. The summed E-state index contributed by atoms with van der Waals surface area (Å²) in [4.78, 5) is 19.1. The number of fused-ring (bicyclic) bond motifs is 1. The third-order valence-corrected chi connectivity index (χ3v) is 8.50. The van der Waals surface area contributed by atoms with Gasteiger partial charge in [0.2, 0.25) is 0 Å². The van der Waals surface area contributed by atoms with E-state index in [0.717, 1.165) is 10.9 Å². The van der Waals surface area contributed by atoms with Crippen LogP contribution in [0.3, 0.4) is 0 Å². The molecule has 37 heavy (non-hydrogen) atoms. The number of aliphatic hydroxyl groups is 1. The number of aryl methyl sites for hydroxylation is 1. The van der Waals surface area contributed by atoms with Crippen molar-refractivity contribution in [3.63, 3.8) is 0 Å². The van der Waals surface area contributed by atoms with Crippen LogP contribution in [0.15, 0.2) is 83.9 Å². The second kappa shape index (κ2) is 9.78. The molecule has 1 amide bonds. The highest BCUT2D eigenvalue weighted by atomic mass is 35.5. The van der Waals surface area contributed by atoms with Crippen LogP contribution in [-0.4, -0.2) is 42.4 Å². The predicted octanol–water partition coefficient (Wildman–Crippen LogP) is 5.12. The molecule has 0 spiro atoms. The molecule has 2 N–H and O–H groups in total. The maximum atomic E-state index is 13.1. The number of benzene rings is 3. The Bertz CT molecular complexity index is 1580. The van der Waals surface area contributed by atoms with Gasteiger partial charge in [-0.2, -0.15) is 0 Å². The molecule has 0 bridgehead atoms. The van der Waals surface area contributed by atoms with Gasteiger partial charge < -0.3 is 10.0 Å². The van der Waals surface area contributed by atoms with Gasteiger partial charge in [0.05, 0.1) is 11.1 Å². The summed E-state index contributed by atoms with van der Waals surface area (Å²) in [5.41, 5.74) is 1.79. The third-order valence-electron chi connectivity index (χ3n) is 6.77. The molecule has 0 unspecified atom stereocenters. The number of aromatic nitrogens is 1. The fraction of sp³-hybridized carbons (Fsp3) is 0.214. The number of piperidine rings is 1. The van der Waals surface area contributed by atoms with Gasteiger partial charge >= 0.3 is 0 Å². The molecular weight excluding hydrogens is 510 g/mol. The van der Waals surface area contributed by atoms with Gasteiger partial charge in [-0.05, 0) is 67.8 Å². The minimum absolute atomic E-state index is 0.0836. The van der Waals surface area contributed by atoms with Crippen LogP contribution in [0.1, 0.15) is 34.3 Å². The number of nitrogens with one attached hydrogen (secondary N) is 1. The van der Waals surface area contributed by atoms with Gasteiger partial charge in [-0.15, -0.1) is 0 Å². The monoisotopic (exact) mass is 535 g/mol. The zero-order chi connectivity index (χ0) is 26.2. The molecule has 190 valence electrons. The van der Waals surface area contributed by atoms with E-state index in [0.29, 0.717) is 53.3 Å². The number of halogens is 1. The SMILES string of the molecule is Cc1ccc(C2(O)CCN(C(=O)c3ccc(NS(=O)(=O)c4cccc5cccnc45)cc3)CC2)c(Cl)c1. The Balaban J connectivity index is 1.27. The zero-order valence-corrected chi connectivity index (χ0v) is 21.8. The molecule has 1 aliphatic heterocycles. The third kappa shape index (κ3) is 5.05. The highest BCUT2D eigenvalue weighted by molar-refractivity contribution is 7.93. The van der Waals surface area contributed by atoms with Crippen molar-refractivity contribution in [1.82, 2.24) is 9.88 Å². The van der Waals surface area contributed by atoms with Crippen LogP contribution in [-0.2, 0) is 15.6 Å². The lowest BCUT2D eigenvalue weighted by atomic mass is 9.84. The van der Waals surface area contributed by atoms with Gasteiger partial charge in [-0.25, -0.2) is 8.42 Å². The lowest BCUT2D eigenvalue weighted by Gasteiger charge is -2.39. The van der Waals surface area contributed by atoms with Crippen LogP contribution in [0.5, 0.6) is 0 Å². The fourth-order valence-electron chi connectivity index (χ4n) is 4.71. The molecule has 9 heteroatoms.